The number of aryl methyl sites for hydroxylation is 1. The fraction of sp³-hybridized carbons (Fsp3) is 0.409. The molecule has 8 heteroatoms. The zero-order valence-electron chi connectivity index (χ0n) is 17.0. The van der Waals surface area contributed by atoms with Crippen molar-refractivity contribution in [3.8, 4) is 0 Å². The Morgan fingerprint density at radius 2 is 1.70 bits per heavy atom. The van der Waals surface area contributed by atoms with Crippen LogP contribution in [-0.4, -0.2) is 60.8 Å². The summed E-state index contributed by atoms with van der Waals surface area (Å²) in [4.78, 5) is 17.0. The third kappa shape index (κ3) is 4.19. The number of hydrogen-bond acceptors (Lipinski definition) is 3. The maximum atomic E-state index is 13.1. The van der Waals surface area contributed by atoms with Gasteiger partial charge in [-0.3, -0.25) is 0 Å². The van der Waals surface area contributed by atoms with E-state index in [0.717, 1.165) is 5.56 Å². The highest BCUT2D eigenvalue weighted by atomic mass is 35.5. The number of amides is 2. The topological polar surface area (TPSA) is 60.9 Å². The highest BCUT2D eigenvalue weighted by Gasteiger charge is 2.37. The van der Waals surface area contributed by atoms with Gasteiger partial charge in [-0.15, -0.1) is 0 Å². The van der Waals surface area contributed by atoms with Gasteiger partial charge in [0.05, 0.1) is 4.90 Å². The van der Waals surface area contributed by atoms with Crippen LogP contribution in [0.2, 0.25) is 5.02 Å². The lowest BCUT2D eigenvalue weighted by Crippen LogP contribution is -2.48. The van der Waals surface area contributed by atoms with Crippen LogP contribution in [0.25, 0.3) is 0 Å². The third-order valence-corrected chi connectivity index (χ3v) is 8.26. The molecule has 0 aromatic heterocycles. The van der Waals surface area contributed by atoms with Crippen LogP contribution in [0, 0.1) is 6.92 Å². The van der Waals surface area contributed by atoms with E-state index in [1.807, 2.05) is 40.1 Å². The maximum Gasteiger partial charge on any atom is 0.320 e. The van der Waals surface area contributed by atoms with Gasteiger partial charge < -0.3 is 9.80 Å². The Kier molecular flexibility index (Phi) is 6.04. The SMILES string of the molecule is Cc1cc(Cl)ccc1S(=O)(=O)N1CCC(N2CCN(Cc3ccccc3)C2=O)CC1. The van der Waals surface area contributed by atoms with Gasteiger partial charge in [0.25, 0.3) is 0 Å². The van der Waals surface area contributed by atoms with Crippen molar-refractivity contribution >= 4 is 27.7 Å². The average Bonchev–Trinajstić information content (AvgIpc) is 3.09. The second-order valence-corrected chi connectivity index (χ2v) is 10.3. The molecule has 2 saturated heterocycles. The number of sulfonamides is 1. The molecule has 0 bridgehead atoms. The first-order chi connectivity index (χ1) is 14.4. The van der Waals surface area contributed by atoms with Crippen molar-refractivity contribution in [1.29, 1.82) is 0 Å². The van der Waals surface area contributed by atoms with Crippen LogP contribution in [0.4, 0.5) is 4.79 Å². The second-order valence-electron chi connectivity index (χ2n) is 7.93. The van der Waals surface area contributed by atoms with Crippen molar-refractivity contribution in [2.75, 3.05) is 26.2 Å². The van der Waals surface area contributed by atoms with Crippen LogP contribution >= 0.6 is 11.6 Å². The molecule has 2 aliphatic heterocycles. The van der Waals surface area contributed by atoms with E-state index >= 15 is 0 Å². The van der Waals surface area contributed by atoms with Gasteiger partial charge in [-0.05, 0) is 49.1 Å². The van der Waals surface area contributed by atoms with Crippen LogP contribution in [0.1, 0.15) is 24.0 Å². The molecule has 2 aromatic rings. The van der Waals surface area contributed by atoms with Crippen LogP contribution in [0.5, 0.6) is 0 Å². The number of rotatable bonds is 5. The van der Waals surface area contributed by atoms with Crippen molar-refractivity contribution in [2.45, 2.75) is 37.2 Å². The molecule has 160 valence electrons. The molecule has 6 nitrogen and oxygen atoms in total. The van der Waals surface area contributed by atoms with Crippen molar-refractivity contribution in [3.05, 3.63) is 64.7 Å². The van der Waals surface area contributed by atoms with E-state index in [1.165, 1.54) is 4.31 Å². The number of hydrogen-bond donors (Lipinski definition) is 0. The standard InChI is InChI=1S/C22H26ClN3O3S/c1-17-15-19(23)7-8-21(17)30(28,29)25-11-9-20(10-12-25)26-14-13-24(22(26)27)16-18-5-3-2-4-6-18/h2-8,15,20H,9-14,16H2,1H3. The molecule has 0 N–H and O–H groups in total. The Hall–Kier alpha value is -2.09. The predicted octanol–water partition coefficient (Wildman–Crippen LogP) is 3.74. The number of benzene rings is 2. The van der Waals surface area contributed by atoms with Gasteiger partial charge >= 0.3 is 6.03 Å². The lowest BCUT2D eigenvalue weighted by atomic mass is 10.1. The van der Waals surface area contributed by atoms with E-state index in [9.17, 15) is 13.2 Å². The van der Waals surface area contributed by atoms with Crippen molar-refractivity contribution in [3.63, 3.8) is 0 Å². The van der Waals surface area contributed by atoms with Gasteiger partial charge in [0.1, 0.15) is 0 Å². The van der Waals surface area contributed by atoms with Gasteiger partial charge in [-0.2, -0.15) is 4.31 Å². The first-order valence-electron chi connectivity index (χ1n) is 10.2. The number of carbonyl (C=O) groups excluding carboxylic acids is 1. The molecule has 2 heterocycles. The molecule has 4 rings (SSSR count). The molecule has 0 aliphatic carbocycles. The van der Waals surface area contributed by atoms with Gasteiger partial charge in [0, 0.05) is 43.8 Å². The molecular weight excluding hydrogens is 422 g/mol. The Bertz CT molecular complexity index is 1020. The molecule has 2 fully saturated rings. The van der Waals surface area contributed by atoms with E-state index in [1.54, 1.807) is 25.1 Å². The first-order valence-corrected chi connectivity index (χ1v) is 12.0. The van der Waals surface area contributed by atoms with Crippen LogP contribution < -0.4 is 0 Å². The molecule has 0 saturated carbocycles. The zero-order valence-corrected chi connectivity index (χ0v) is 18.6. The fourth-order valence-corrected chi connectivity index (χ4v) is 6.23. The summed E-state index contributed by atoms with van der Waals surface area (Å²) < 4.78 is 27.7. The highest BCUT2D eigenvalue weighted by Crippen LogP contribution is 2.28. The fourth-order valence-electron chi connectivity index (χ4n) is 4.33. The molecule has 2 aliphatic rings. The van der Waals surface area contributed by atoms with E-state index in [0.29, 0.717) is 61.0 Å². The number of urea groups is 1. The van der Waals surface area contributed by atoms with Gasteiger partial charge in [-0.1, -0.05) is 41.9 Å². The third-order valence-electron chi connectivity index (χ3n) is 5.96. The predicted molar refractivity (Wildman–Crippen MR) is 117 cm³/mol. The summed E-state index contributed by atoms with van der Waals surface area (Å²) >= 11 is 5.97. The molecule has 2 aromatic carbocycles. The zero-order chi connectivity index (χ0) is 21.3. The molecular formula is C22H26ClN3O3S. The van der Waals surface area contributed by atoms with Gasteiger partial charge in [0.2, 0.25) is 10.0 Å². The highest BCUT2D eigenvalue weighted by molar-refractivity contribution is 7.89. The number of carbonyl (C=O) groups is 1. The maximum absolute atomic E-state index is 13.1. The lowest BCUT2D eigenvalue weighted by molar-refractivity contribution is 0.153. The van der Waals surface area contributed by atoms with Gasteiger partial charge in [-0.25, -0.2) is 13.2 Å². The Morgan fingerprint density at radius 3 is 2.37 bits per heavy atom. The monoisotopic (exact) mass is 447 g/mol. The number of piperidine rings is 1. The summed E-state index contributed by atoms with van der Waals surface area (Å²) in [5.41, 5.74) is 1.77. The molecule has 0 atom stereocenters. The smallest absolute Gasteiger partial charge is 0.320 e. The Labute approximate surface area is 183 Å². The van der Waals surface area contributed by atoms with Crippen LogP contribution in [0.15, 0.2) is 53.4 Å². The molecule has 2 amide bonds. The largest absolute Gasteiger partial charge is 0.320 e. The summed E-state index contributed by atoms with van der Waals surface area (Å²) in [5, 5.41) is 0.526. The van der Waals surface area contributed by atoms with E-state index in [-0.39, 0.29) is 12.1 Å². The molecule has 0 unspecified atom stereocenters. The molecule has 0 spiro atoms. The van der Waals surface area contributed by atoms with Gasteiger partial charge in [0.15, 0.2) is 0 Å². The van der Waals surface area contributed by atoms with E-state index in [2.05, 4.69) is 0 Å². The van der Waals surface area contributed by atoms with E-state index in [4.69, 9.17) is 11.6 Å². The van der Waals surface area contributed by atoms with Crippen LogP contribution in [-0.2, 0) is 16.6 Å². The number of nitrogens with zero attached hydrogens (tertiary/aromatic N) is 3. The minimum absolute atomic E-state index is 0.0497. The van der Waals surface area contributed by atoms with E-state index < -0.39 is 10.0 Å². The Balaban J connectivity index is 1.38. The van der Waals surface area contributed by atoms with Crippen molar-refractivity contribution < 1.29 is 13.2 Å². The minimum atomic E-state index is -3.56. The average molecular weight is 448 g/mol. The molecule has 30 heavy (non-hydrogen) atoms. The summed E-state index contributed by atoms with van der Waals surface area (Å²) in [6.45, 7) is 4.60. The normalized spacial score (nSPS) is 18.9. The minimum Gasteiger partial charge on any atom is -0.320 e. The van der Waals surface area contributed by atoms with Crippen molar-refractivity contribution in [1.82, 2.24) is 14.1 Å². The van der Waals surface area contributed by atoms with Crippen molar-refractivity contribution in [2.24, 2.45) is 0 Å². The van der Waals surface area contributed by atoms with Crippen LogP contribution in [0.3, 0.4) is 0 Å². The molecule has 0 radical (unpaired) electrons. The summed E-state index contributed by atoms with van der Waals surface area (Å²) in [6.07, 6.45) is 1.30. The summed E-state index contributed by atoms with van der Waals surface area (Å²) in [5.74, 6) is 0. The number of halogens is 1. The quantitative estimate of drug-likeness (QED) is 0.701. The first kappa shape index (κ1) is 21.2. The lowest BCUT2D eigenvalue weighted by Gasteiger charge is -2.36. The summed E-state index contributed by atoms with van der Waals surface area (Å²) in [6, 6.07) is 15.0. The second kappa shape index (κ2) is 8.57. The Morgan fingerprint density at radius 1 is 1.00 bits per heavy atom. The summed E-state index contributed by atoms with van der Waals surface area (Å²) in [7, 11) is -3.56.